The molecule has 3 N–H and O–H groups in total. The molecule has 0 spiro atoms. The smallest absolute Gasteiger partial charge is 0.408 e. The minimum absolute atomic E-state index is 0.00747. The number of phenols is 1. The van der Waals surface area contributed by atoms with Crippen LogP contribution in [-0.2, 0) is 16.0 Å². The normalized spacial score (nSPS) is 12.4. The number of carbonyl (C=O) groups is 2. The molecule has 0 radical (unpaired) electrons. The molecule has 0 heterocycles. The molecule has 0 saturated carbocycles. The maximum atomic E-state index is 11.8. The Hall–Kier alpha value is -1.96. The Morgan fingerprint density at radius 1 is 1.33 bits per heavy atom. The van der Waals surface area contributed by atoms with E-state index >= 15 is 0 Å². The van der Waals surface area contributed by atoms with Gasteiger partial charge in [0.25, 0.3) is 0 Å². The molecule has 1 rings (SSSR count). The van der Waals surface area contributed by atoms with Gasteiger partial charge in [0.15, 0.2) is 11.5 Å². The number of alkyl carbamates (subject to hydrolysis) is 1. The van der Waals surface area contributed by atoms with Crippen molar-refractivity contribution in [1.82, 2.24) is 5.32 Å². The first kappa shape index (κ1) is 20.1. The van der Waals surface area contributed by atoms with Crippen LogP contribution in [0.2, 0.25) is 0 Å². The molecule has 0 saturated heterocycles. The van der Waals surface area contributed by atoms with Crippen molar-refractivity contribution in [2.24, 2.45) is 0 Å². The number of nitrogens with one attached hydrogen (secondary N) is 1. The Labute approximate surface area is 149 Å². The summed E-state index contributed by atoms with van der Waals surface area (Å²) in [5.74, 6) is -1.01. The number of carbonyl (C=O) groups excluding carboxylic acids is 1. The van der Waals surface area contributed by atoms with Crippen LogP contribution in [0.4, 0.5) is 4.79 Å². The lowest BCUT2D eigenvalue weighted by Gasteiger charge is -2.22. The first-order valence-electron chi connectivity index (χ1n) is 7.40. The van der Waals surface area contributed by atoms with Gasteiger partial charge in [0, 0.05) is 6.42 Å². The number of aromatic hydroxyl groups is 1. The number of ether oxygens (including phenoxy) is 2. The fourth-order valence-corrected chi connectivity index (χ4v) is 2.39. The average molecular weight is 404 g/mol. The number of amides is 1. The molecule has 1 amide bonds. The van der Waals surface area contributed by atoms with Crippen LogP contribution in [0, 0.1) is 0 Å². The molecule has 1 unspecified atom stereocenters. The first-order chi connectivity index (χ1) is 11.0. The third-order valence-electron chi connectivity index (χ3n) is 2.82. The Balaban J connectivity index is 2.93. The van der Waals surface area contributed by atoms with Crippen LogP contribution in [0.5, 0.6) is 11.5 Å². The van der Waals surface area contributed by atoms with Gasteiger partial charge in [-0.1, -0.05) is 0 Å². The van der Waals surface area contributed by atoms with Crippen molar-refractivity contribution in [3.05, 3.63) is 22.2 Å². The number of rotatable bonds is 6. The Morgan fingerprint density at radius 2 is 1.96 bits per heavy atom. The van der Waals surface area contributed by atoms with E-state index in [-0.39, 0.29) is 17.9 Å². The minimum Gasteiger partial charge on any atom is -0.503 e. The number of carboxylic acid groups (broad SMARTS) is 1. The summed E-state index contributed by atoms with van der Waals surface area (Å²) in [6.45, 7) is 7.18. The lowest BCUT2D eigenvalue weighted by Crippen LogP contribution is -2.44. The SMILES string of the molecule is CCOc1cc(CC(NC(=O)OC(C)(C)C)C(=O)O)cc(Br)c1O. The first-order valence-corrected chi connectivity index (χ1v) is 8.19. The molecule has 134 valence electrons. The van der Waals surface area contributed by atoms with Gasteiger partial charge < -0.3 is 25.0 Å². The number of phenolic OH excluding ortho intramolecular Hbond substituents is 1. The molecule has 0 aliphatic rings. The van der Waals surface area contributed by atoms with E-state index in [0.29, 0.717) is 16.6 Å². The fraction of sp³-hybridized carbons (Fsp3) is 0.500. The molecule has 0 fully saturated rings. The molecular weight excluding hydrogens is 382 g/mol. The van der Waals surface area contributed by atoms with E-state index in [2.05, 4.69) is 21.2 Å². The summed E-state index contributed by atoms with van der Waals surface area (Å²) in [7, 11) is 0. The van der Waals surface area contributed by atoms with Gasteiger partial charge in [-0.25, -0.2) is 9.59 Å². The molecule has 0 aliphatic carbocycles. The summed E-state index contributed by atoms with van der Waals surface area (Å²) in [6, 6.07) is 1.94. The molecular formula is C16H22BrNO6. The predicted molar refractivity (Wildman–Crippen MR) is 91.5 cm³/mol. The maximum Gasteiger partial charge on any atom is 0.408 e. The van der Waals surface area contributed by atoms with Crippen molar-refractivity contribution >= 4 is 28.0 Å². The molecule has 1 atom stereocenters. The summed E-state index contributed by atoms with van der Waals surface area (Å²) in [4.78, 5) is 23.2. The standard InChI is InChI=1S/C16H22BrNO6/c1-5-23-12-8-9(6-10(17)13(12)19)7-11(14(20)21)18-15(22)24-16(2,3)4/h6,8,11,19H,5,7H2,1-4H3,(H,18,22)(H,20,21). The highest BCUT2D eigenvalue weighted by Crippen LogP contribution is 2.35. The summed E-state index contributed by atoms with van der Waals surface area (Å²) in [5.41, 5.74) is -0.150. The van der Waals surface area contributed by atoms with Crippen LogP contribution in [0.3, 0.4) is 0 Å². The minimum atomic E-state index is -1.19. The quantitative estimate of drug-likeness (QED) is 0.673. The van der Waals surface area contributed by atoms with Crippen molar-refractivity contribution in [3.63, 3.8) is 0 Å². The summed E-state index contributed by atoms with van der Waals surface area (Å²) < 4.78 is 10.8. The van der Waals surface area contributed by atoms with Gasteiger partial charge in [-0.15, -0.1) is 0 Å². The zero-order chi connectivity index (χ0) is 18.5. The van der Waals surface area contributed by atoms with Crippen molar-refractivity contribution < 1.29 is 29.3 Å². The second-order valence-corrected chi connectivity index (χ2v) is 6.95. The number of aliphatic carboxylic acids is 1. The second-order valence-electron chi connectivity index (χ2n) is 6.10. The van der Waals surface area contributed by atoms with E-state index in [9.17, 15) is 19.8 Å². The van der Waals surface area contributed by atoms with Gasteiger partial charge in [0.1, 0.15) is 11.6 Å². The Morgan fingerprint density at radius 3 is 2.46 bits per heavy atom. The largest absolute Gasteiger partial charge is 0.503 e. The number of hydrogen-bond donors (Lipinski definition) is 3. The van der Waals surface area contributed by atoms with Gasteiger partial charge in [-0.05, 0) is 61.3 Å². The van der Waals surface area contributed by atoms with E-state index in [4.69, 9.17) is 9.47 Å². The van der Waals surface area contributed by atoms with Crippen LogP contribution in [0.15, 0.2) is 16.6 Å². The number of benzene rings is 1. The number of halogens is 1. The molecule has 1 aromatic carbocycles. The monoisotopic (exact) mass is 403 g/mol. The van der Waals surface area contributed by atoms with Gasteiger partial charge >= 0.3 is 12.1 Å². The Bertz CT molecular complexity index is 611. The van der Waals surface area contributed by atoms with E-state index in [0.717, 1.165) is 0 Å². The third-order valence-corrected chi connectivity index (χ3v) is 3.42. The zero-order valence-corrected chi connectivity index (χ0v) is 15.6. The van der Waals surface area contributed by atoms with Crippen molar-refractivity contribution in [1.29, 1.82) is 0 Å². The fourth-order valence-electron chi connectivity index (χ4n) is 1.90. The van der Waals surface area contributed by atoms with Crippen molar-refractivity contribution in [3.8, 4) is 11.5 Å². The lowest BCUT2D eigenvalue weighted by molar-refractivity contribution is -0.139. The number of carboxylic acids is 1. The van der Waals surface area contributed by atoms with Gasteiger partial charge in [-0.2, -0.15) is 0 Å². The molecule has 7 nitrogen and oxygen atoms in total. The summed E-state index contributed by atoms with van der Waals surface area (Å²) >= 11 is 3.20. The van der Waals surface area contributed by atoms with Crippen LogP contribution < -0.4 is 10.1 Å². The van der Waals surface area contributed by atoms with Gasteiger partial charge in [0.2, 0.25) is 0 Å². The molecule has 1 aromatic rings. The van der Waals surface area contributed by atoms with Crippen molar-refractivity contribution in [2.45, 2.75) is 45.8 Å². The molecule has 0 bridgehead atoms. The Kier molecular flexibility index (Phi) is 6.89. The van der Waals surface area contributed by atoms with E-state index in [1.54, 1.807) is 33.8 Å². The molecule has 8 heteroatoms. The predicted octanol–water partition coefficient (Wildman–Crippen LogP) is 3.07. The van der Waals surface area contributed by atoms with Crippen molar-refractivity contribution in [2.75, 3.05) is 6.61 Å². The van der Waals surface area contributed by atoms with Gasteiger partial charge in [-0.3, -0.25) is 0 Å². The molecule has 0 aliphatic heterocycles. The van der Waals surface area contributed by atoms with Crippen LogP contribution in [-0.4, -0.2) is 40.5 Å². The topological polar surface area (TPSA) is 105 Å². The highest BCUT2D eigenvalue weighted by molar-refractivity contribution is 9.10. The van der Waals surface area contributed by atoms with E-state index in [1.165, 1.54) is 6.07 Å². The summed E-state index contributed by atoms with van der Waals surface area (Å²) in [6.07, 6.45) is -0.800. The molecule has 24 heavy (non-hydrogen) atoms. The highest BCUT2D eigenvalue weighted by Gasteiger charge is 2.25. The van der Waals surface area contributed by atoms with E-state index in [1.807, 2.05) is 0 Å². The second kappa shape index (κ2) is 8.23. The summed E-state index contributed by atoms with van der Waals surface area (Å²) in [5, 5.41) is 21.5. The van der Waals surface area contributed by atoms with Gasteiger partial charge in [0.05, 0.1) is 11.1 Å². The molecule has 0 aromatic heterocycles. The highest BCUT2D eigenvalue weighted by atomic mass is 79.9. The lowest BCUT2D eigenvalue weighted by atomic mass is 10.1. The number of hydrogen-bond acceptors (Lipinski definition) is 5. The third kappa shape index (κ3) is 6.27. The van der Waals surface area contributed by atoms with E-state index < -0.39 is 23.7 Å². The van der Waals surface area contributed by atoms with Crippen LogP contribution >= 0.6 is 15.9 Å². The average Bonchev–Trinajstić information content (AvgIpc) is 2.41. The zero-order valence-electron chi connectivity index (χ0n) is 14.1. The van der Waals surface area contributed by atoms with Crippen LogP contribution in [0.25, 0.3) is 0 Å². The maximum absolute atomic E-state index is 11.8. The van der Waals surface area contributed by atoms with Crippen LogP contribution in [0.1, 0.15) is 33.3 Å².